The SMILES string of the molecule is O=C(O)NC1CCC(C(C2CCC(NC(=O)O)CC2)(C(C(F)(F)F)C(F)(F)F)C(C(F)(F)F)C(F)(F)F)CC1. The summed E-state index contributed by atoms with van der Waals surface area (Å²) in [5.41, 5.74) is -4.49. The van der Waals surface area contributed by atoms with E-state index in [1.807, 2.05) is 10.6 Å². The summed E-state index contributed by atoms with van der Waals surface area (Å²) in [4.78, 5) is 21.8. The van der Waals surface area contributed by atoms with Crippen molar-refractivity contribution >= 4 is 12.2 Å². The van der Waals surface area contributed by atoms with Gasteiger partial charge < -0.3 is 20.8 Å². The molecular formula is C21H26F12N2O4. The van der Waals surface area contributed by atoms with Crippen LogP contribution in [0.4, 0.5) is 62.3 Å². The van der Waals surface area contributed by atoms with Gasteiger partial charge in [0.05, 0.1) is 0 Å². The van der Waals surface area contributed by atoms with Gasteiger partial charge in [0, 0.05) is 17.5 Å². The highest BCUT2D eigenvalue weighted by atomic mass is 19.4. The minimum absolute atomic E-state index is 0.584. The topological polar surface area (TPSA) is 98.7 Å². The molecule has 228 valence electrons. The third-order valence-corrected chi connectivity index (χ3v) is 7.83. The summed E-state index contributed by atoms with van der Waals surface area (Å²) in [6, 6.07) is -2.20. The van der Waals surface area contributed by atoms with Crippen molar-refractivity contribution in [3.05, 3.63) is 0 Å². The van der Waals surface area contributed by atoms with Gasteiger partial charge in [0.1, 0.15) is 0 Å². The molecule has 0 aromatic carbocycles. The number of rotatable bonds is 6. The van der Waals surface area contributed by atoms with E-state index < -0.39 is 129 Å². The molecule has 6 nitrogen and oxygen atoms in total. The van der Waals surface area contributed by atoms with E-state index in [1.165, 1.54) is 0 Å². The molecule has 0 radical (unpaired) electrons. The molecule has 0 bridgehead atoms. The summed E-state index contributed by atoms with van der Waals surface area (Å²) in [7, 11) is 0. The molecular weight excluding hydrogens is 572 g/mol. The summed E-state index contributed by atoms with van der Waals surface area (Å²) in [6.45, 7) is 0. The van der Waals surface area contributed by atoms with E-state index in [2.05, 4.69) is 0 Å². The van der Waals surface area contributed by atoms with Crippen LogP contribution in [0.3, 0.4) is 0 Å². The minimum atomic E-state index is -6.57. The Morgan fingerprint density at radius 2 is 0.744 bits per heavy atom. The number of carbonyl (C=O) groups is 2. The van der Waals surface area contributed by atoms with Crippen molar-refractivity contribution in [1.82, 2.24) is 10.6 Å². The lowest BCUT2D eigenvalue weighted by molar-refractivity contribution is -0.398. The smallest absolute Gasteiger partial charge is 0.404 e. The first-order chi connectivity index (χ1) is 17.5. The second-order valence-electron chi connectivity index (χ2n) is 10.0. The van der Waals surface area contributed by atoms with Crippen LogP contribution in [0.25, 0.3) is 0 Å². The van der Waals surface area contributed by atoms with Crippen LogP contribution in [0, 0.1) is 29.1 Å². The first-order valence-electron chi connectivity index (χ1n) is 11.8. The summed E-state index contributed by atoms with van der Waals surface area (Å²) >= 11 is 0. The number of nitrogens with one attached hydrogen (secondary N) is 2. The molecule has 2 saturated carbocycles. The molecule has 4 N–H and O–H groups in total. The van der Waals surface area contributed by atoms with Gasteiger partial charge >= 0.3 is 36.9 Å². The van der Waals surface area contributed by atoms with Crippen molar-refractivity contribution in [3.8, 4) is 0 Å². The lowest BCUT2D eigenvalue weighted by Gasteiger charge is -2.58. The average Bonchev–Trinajstić information content (AvgIpc) is 2.69. The van der Waals surface area contributed by atoms with Crippen LogP contribution in [0.1, 0.15) is 51.4 Å². The third kappa shape index (κ3) is 7.46. The standard InChI is InChI=1S/C21H26F12N2O4/c22-18(23,24)13(19(25,26)27)17(14(20(28,29)30)21(31,32)33,9-1-5-11(6-2-9)34-15(36)37)10-3-7-12(8-4-10)35-16(38)39/h9-14,34-35H,1-8H2,(H,36,37)(H,38,39). The number of hydrogen-bond acceptors (Lipinski definition) is 2. The Bertz CT molecular complexity index is 757. The first-order valence-corrected chi connectivity index (χ1v) is 11.8. The van der Waals surface area contributed by atoms with Gasteiger partial charge in [0.25, 0.3) is 0 Å². The largest absolute Gasteiger partial charge is 0.465 e. The van der Waals surface area contributed by atoms with Crippen molar-refractivity contribution in [2.45, 2.75) is 88.2 Å². The zero-order valence-corrected chi connectivity index (χ0v) is 19.9. The molecule has 2 aliphatic rings. The van der Waals surface area contributed by atoms with Crippen LogP contribution in [-0.2, 0) is 0 Å². The molecule has 2 amide bonds. The Kier molecular flexibility index (Phi) is 9.53. The maximum atomic E-state index is 14.2. The normalized spacial score (nSPS) is 26.0. The lowest BCUT2D eigenvalue weighted by Crippen LogP contribution is -2.66. The molecule has 0 aliphatic heterocycles. The average molecular weight is 598 g/mol. The molecule has 0 spiro atoms. The molecule has 18 heteroatoms. The zero-order valence-electron chi connectivity index (χ0n) is 19.9. The van der Waals surface area contributed by atoms with E-state index in [9.17, 15) is 62.3 Å². The van der Waals surface area contributed by atoms with Crippen molar-refractivity contribution in [2.75, 3.05) is 0 Å². The van der Waals surface area contributed by atoms with Gasteiger partial charge in [0.15, 0.2) is 11.8 Å². The number of amides is 2. The van der Waals surface area contributed by atoms with Crippen LogP contribution in [-0.4, -0.2) is 59.2 Å². The summed E-state index contributed by atoms with van der Waals surface area (Å²) in [5.74, 6) is -14.8. The highest BCUT2D eigenvalue weighted by Gasteiger charge is 2.80. The second-order valence-corrected chi connectivity index (χ2v) is 10.0. The molecule has 0 atom stereocenters. The van der Waals surface area contributed by atoms with Crippen LogP contribution in [0.2, 0.25) is 0 Å². The monoisotopic (exact) mass is 598 g/mol. The fourth-order valence-corrected chi connectivity index (χ4v) is 6.77. The molecule has 0 unspecified atom stereocenters. The molecule has 0 saturated heterocycles. The maximum absolute atomic E-state index is 14.2. The Hall–Kier alpha value is -2.30. The molecule has 0 aromatic heterocycles. The highest BCUT2D eigenvalue weighted by Crippen LogP contribution is 2.69. The molecule has 0 heterocycles. The molecule has 2 aliphatic carbocycles. The quantitative estimate of drug-likeness (QED) is 0.245. The van der Waals surface area contributed by atoms with E-state index in [4.69, 9.17) is 10.2 Å². The lowest BCUT2D eigenvalue weighted by atomic mass is 9.47. The summed E-state index contributed by atoms with van der Waals surface area (Å²) < 4.78 is 171. The van der Waals surface area contributed by atoms with Crippen molar-refractivity contribution < 1.29 is 72.5 Å². The third-order valence-electron chi connectivity index (χ3n) is 7.83. The van der Waals surface area contributed by atoms with Gasteiger partial charge in [-0.3, -0.25) is 0 Å². The van der Waals surface area contributed by atoms with Gasteiger partial charge in [-0.2, -0.15) is 52.7 Å². The molecule has 39 heavy (non-hydrogen) atoms. The molecule has 0 aromatic rings. The molecule has 2 fully saturated rings. The van der Waals surface area contributed by atoms with Gasteiger partial charge in [0.2, 0.25) is 0 Å². The first kappa shape index (κ1) is 32.9. The highest BCUT2D eigenvalue weighted by molar-refractivity contribution is 5.65. The van der Waals surface area contributed by atoms with E-state index in [1.54, 1.807) is 0 Å². The van der Waals surface area contributed by atoms with Gasteiger partial charge in [-0.05, 0) is 63.2 Å². The van der Waals surface area contributed by atoms with Crippen LogP contribution < -0.4 is 10.6 Å². The van der Waals surface area contributed by atoms with Crippen molar-refractivity contribution in [3.63, 3.8) is 0 Å². The van der Waals surface area contributed by atoms with Gasteiger partial charge in [-0.15, -0.1) is 0 Å². The predicted octanol–water partition coefficient (Wildman–Crippen LogP) is 7.11. The Balaban J connectivity index is 2.84. The Morgan fingerprint density at radius 3 is 0.923 bits per heavy atom. The van der Waals surface area contributed by atoms with Crippen molar-refractivity contribution in [1.29, 1.82) is 0 Å². The number of carboxylic acid groups (broad SMARTS) is 2. The summed E-state index contributed by atoms with van der Waals surface area (Å²) in [5, 5.41) is 21.5. The van der Waals surface area contributed by atoms with E-state index in [-0.39, 0.29) is 0 Å². The van der Waals surface area contributed by atoms with Gasteiger partial charge in [-0.25, -0.2) is 9.59 Å². The maximum Gasteiger partial charge on any atom is 0.404 e. The van der Waals surface area contributed by atoms with E-state index in [0.29, 0.717) is 0 Å². The number of alkyl halides is 12. The molecule has 2 rings (SSSR count). The minimum Gasteiger partial charge on any atom is -0.465 e. The fraction of sp³-hybridized carbons (Fsp3) is 0.905. The number of hydrogen-bond donors (Lipinski definition) is 4. The fourth-order valence-electron chi connectivity index (χ4n) is 6.77. The van der Waals surface area contributed by atoms with Crippen LogP contribution >= 0.6 is 0 Å². The predicted molar refractivity (Wildman–Crippen MR) is 107 cm³/mol. The van der Waals surface area contributed by atoms with Crippen LogP contribution in [0.15, 0.2) is 0 Å². The van der Waals surface area contributed by atoms with E-state index >= 15 is 0 Å². The van der Waals surface area contributed by atoms with Crippen LogP contribution in [0.5, 0.6) is 0 Å². The Labute approximate surface area is 213 Å². The van der Waals surface area contributed by atoms with E-state index in [0.717, 1.165) is 0 Å². The Morgan fingerprint density at radius 1 is 0.513 bits per heavy atom. The zero-order chi connectivity index (χ0) is 30.2. The van der Waals surface area contributed by atoms with Crippen molar-refractivity contribution in [2.24, 2.45) is 29.1 Å². The second kappa shape index (κ2) is 11.3. The summed E-state index contributed by atoms with van der Waals surface area (Å²) in [6.07, 6.45) is -35.8. The number of halogens is 12. The van der Waals surface area contributed by atoms with Gasteiger partial charge in [-0.1, -0.05) is 0 Å².